The van der Waals surface area contributed by atoms with Crippen LogP contribution in [0, 0.1) is 0 Å². The predicted molar refractivity (Wildman–Crippen MR) is 71.5 cm³/mol. The van der Waals surface area contributed by atoms with E-state index in [4.69, 9.17) is 4.74 Å². The summed E-state index contributed by atoms with van der Waals surface area (Å²) in [5.41, 5.74) is 0. The van der Waals surface area contributed by atoms with Gasteiger partial charge in [0.1, 0.15) is 5.75 Å². The Hall–Kier alpha value is -0.780. The molecule has 0 bridgehead atoms. The zero-order valence-electron chi connectivity index (χ0n) is 9.93. The fourth-order valence-corrected chi connectivity index (χ4v) is 2.63. The lowest BCUT2D eigenvalue weighted by Gasteiger charge is -2.31. The van der Waals surface area contributed by atoms with E-state index < -0.39 is 0 Å². The Kier molecular flexibility index (Phi) is 5.24. The van der Waals surface area contributed by atoms with Crippen LogP contribution in [0.4, 0.5) is 0 Å². The Morgan fingerprint density at radius 2 is 2.41 bits per heavy atom. The van der Waals surface area contributed by atoms with Crippen molar-refractivity contribution in [2.24, 2.45) is 0 Å². The summed E-state index contributed by atoms with van der Waals surface area (Å²) < 4.78 is 5.08. The van der Waals surface area contributed by atoms with Gasteiger partial charge in [-0.3, -0.25) is 4.79 Å². The molecule has 0 unspecified atom stereocenters. The Balaban J connectivity index is 0.00000144. The highest BCUT2D eigenvalue weighted by Crippen LogP contribution is 2.22. The van der Waals surface area contributed by atoms with Crippen LogP contribution in [0.5, 0.6) is 5.75 Å². The van der Waals surface area contributed by atoms with Crippen LogP contribution in [0.25, 0.3) is 0 Å². The zero-order valence-corrected chi connectivity index (χ0v) is 11.6. The molecular weight excluding hydrogens is 260 g/mol. The lowest BCUT2D eigenvalue weighted by molar-refractivity contribution is 0.0714. The van der Waals surface area contributed by atoms with Crippen molar-refractivity contribution in [3.05, 3.63) is 16.3 Å². The molecule has 0 aromatic carbocycles. The van der Waals surface area contributed by atoms with Gasteiger partial charge in [0.15, 0.2) is 0 Å². The molecule has 0 radical (unpaired) electrons. The van der Waals surface area contributed by atoms with Crippen LogP contribution < -0.4 is 10.1 Å². The average molecular weight is 277 g/mol. The molecule has 1 amide bonds. The smallest absolute Gasteiger partial charge is 0.264 e. The highest BCUT2D eigenvalue weighted by atomic mass is 35.5. The third-order valence-electron chi connectivity index (χ3n) is 2.68. The van der Waals surface area contributed by atoms with Gasteiger partial charge in [-0.15, -0.1) is 23.7 Å². The number of piperazine rings is 1. The van der Waals surface area contributed by atoms with Crippen molar-refractivity contribution in [2.45, 2.75) is 13.0 Å². The van der Waals surface area contributed by atoms with Crippen molar-refractivity contribution in [2.75, 3.05) is 26.7 Å². The first kappa shape index (κ1) is 14.3. The number of nitrogens with zero attached hydrogens (tertiary/aromatic N) is 1. The van der Waals surface area contributed by atoms with Crippen molar-refractivity contribution in [3.63, 3.8) is 0 Å². The highest BCUT2D eigenvalue weighted by Gasteiger charge is 2.22. The summed E-state index contributed by atoms with van der Waals surface area (Å²) >= 11 is 1.44. The number of carbonyl (C=O) groups is 1. The van der Waals surface area contributed by atoms with E-state index >= 15 is 0 Å². The maximum atomic E-state index is 12.1. The molecule has 1 saturated heterocycles. The normalized spacial score (nSPS) is 19.6. The largest absolute Gasteiger partial charge is 0.496 e. The van der Waals surface area contributed by atoms with Crippen molar-refractivity contribution in [1.82, 2.24) is 10.2 Å². The second-order valence-corrected chi connectivity index (χ2v) is 4.87. The molecule has 0 spiro atoms. The van der Waals surface area contributed by atoms with Gasteiger partial charge in [-0.05, 0) is 6.92 Å². The molecule has 2 rings (SSSR count). The number of hydrogen-bond donors (Lipinski definition) is 1. The maximum Gasteiger partial charge on any atom is 0.264 e. The van der Waals surface area contributed by atoms with E-state index in [-0.39, 0.29) is 18.3 Å². The van der Waals surface area contributed by atoms with Gasteiger partial charge >= 0.3 is 0 Å². The number of methoxy groups -OCH3 is 1. The topological polar surface area (TPSA) is 41.6 Å². The number of halogens is 1. The molecule has 2 heterocycles. The van der Waals surface area contributed by atoms with Gasteiger partial charge in [-0.2, -0.15) is 0 Å². The van der Waals surface area contributed by atoms with Gasteiger partial charge in [-0.25, -0.2) is 0 Å². The Morgan fingerprint density at radius 3 is 3.00 bits per heavy atom. The van der Waals surface area contributed by atoms with E-state index in [1.807, 2.05) is 10.3 Å². The van der Waals surface area contributed by atoms with Gasteiger partial charge in [0.05, 0.1) is 12.0 Å². The molecule has 1 aliphatic rings. The van der Waals surface area contributed by atoms with Gasteiger partial charge < -0.3 is 15.0 Å². The van der Waals surface area contributed by atoms with Crippen LogP contribution in [0.3, 0.4) is 0 Å². The van der Waals surface area contributed by atoms with Crippen LogP contribution in [-0.2, 0) is 0 Å². The molecule has 1 atom stereocenters. The number of carbonyl (C=O) groups excluding carboxylic acids is 1. The van der Waals surface area contributed by atoms with E-state index in [0.29, 0.717) is 6.04 Å². The summed E-state index contributed by atoms with van der Waals surface area (Å²) in [6, 6.07) is 2.18. The van der Waals surface area contributed by atoms with Crippen molar-refractivity contribution < 1.29 is 9.53 Å². The van der Waals surface area contributed by atoms with E-state index in [1.165, 1.54) is 11.3 Å². The molecule has 17 heavy (non-hydrogen) atoms. The van der Waals surface area contributed by atoms with Crippen LogP contribution in [0.2, 0.25) is 0 Å². The number of rotatable bonds is 2. The quantitative estimate of drug-likeness (QED) is 0.892. The van der Waals surface area contributed by atoms with Crippen molar-refractivity contribution in [1.29, 1.82) is 0 Å². The SMILES string of the molecule is COc1csc(C(=O)N2CCN[C@H](C)C2)c1.Cl. The van der Waals surface area contributed by atoms with Crippen LogP contribution in [0.1, 0.15) is 16.6 Å². The van der Waals surface area contributed by atoms with Crippen LogP contribution in [0.15, 0.2) is 11.4 Å². The fraction of sp³-hybridized carbons (Fsp3) is 0.545. The van der Waals surface area contributed by atoms with Crippen LogP contribution in [-0.4, -0.2) is 43.6 Å². The van der Waals surface area contributed by atoms with E-state index in [9.17, 15) is 4.79 Å². The minimum absolute atomic E-state index is 0. The first-order valence-corrected chi connectivity index (χ1v) is 6.24. The molecule has 0 aliphatic carbocycles. The monoisotopic (exact) mass is 276 g/mol. The van der Waals surface area contributed by atoms with Crippen LogP contribution >= 0.6 is 23.7 Å². The summed E-state index contributed by atoms with van der Waals surface area (Å²) in [4.78, 5) is 14.8. The van der Waals surface area contributed by atoms with Crippen molar-refractivity contribution in [3.8, 4) is 5.75 Å². The first-order valence-electron chi connectivity index (χ1n) is 5.36. The van der Waals surface area contributed by atoms with E-state index in [2.05, 4.69) is 12.2 Å². The number of hydrogen-bond acceptors (Lipinski definition) is 4. The third-order valence-corrected chi connectivity index (χ3v) is 3.57. The predicted octanol–water partition coefficient (Wildman–Crippen LogP) is 1.61. The number of amides is 1. The molecule has 6 heteroatoms. The van der Waals surface area contributed by atoms with Gasteiger partial charge in [0, 0.05) is 37.1 Å². The molecule has 4 nitrogen and oxygen atoms in total. The second-order valence-electron chi connectivity index (χ2n) is 3.96. The second kappa shape index (κ2) is 6.23. The summed E-state index contributed by atoms with van der Waals surface area (Å²) in [5.74, 6) is 0.873. The fourth-order valence-electron chi connectivity index (χ4n) is 1.81. The molecular formula is C11H17ClN2O2S. The van der Waals surface area contributed by atoms with Gasteiger partial charge in [0.2, 0.25) is 0 Å². The number of nitrogens with one attached hydrogen (secondary N) is 1. The summed E-state index contributed by atoms with van der Waals surface area (Å²) in [6.45, 7) is 4.52. The first-order chi connectivity index (χ1) is 7.70. The molecule has 1 N–H and O–H groups in total. The highest BCUT2D eigenvalue weighted by molar-refractivity contribution is 7.12. The molecule has 1 aromatic rings. The lowest BCUT2D eigenvalue weighted by Crippen LogP contribution is -2.51. The molecule has 1 fully saturated rings. The zero-order chi connectivity index (χ0) is 11.5. The minimum Gasteiger partial charge on any atom is -0.496 e. The Labute approximate surface area is 111 Å². The summed E-state index contributed by atoms with van der Waals surface area (Å²) in [5, 5.41) is 5.18. The number of ether oxygens (including phenoxy) is 1. The molecule has 1 aliphatic heterocycles. The van der Waals surface area contributed by atoms with Gasteiger partial charge in [0.25, 0.3) is 5.91 Å². The van der Waals surface area contributed by atoms with Gasteiger partial charge in [-0.1, -0.05) is 0 Å². The third kappa shape index (κ3) is 3.34. The summed E-state index contributed by atoms with van der Waals surface area (Å²) in [7, 11) is 1.61. The lowest BCUT2D eigenvalue weighted by atomic mass is 10.2. The van der Waals surface area contributed by atoms with E-state index in [0.717, 1.165) is 30.3 Å². The van der Waals surface area contributed by atoms with Crippen molar-refractivity contribution >= 4 is 29.7 Å². The Morgan fingerprint density at radius 1 is 1.65 bits per heavy atom. The maximum absolute atomic E-state index is 12.1. The summed E-state index contributed by atoms with van der Waals surface area (Å²) in [6.07, 6.45) is 0. The number of thiophene rings is 1. The minimum atomic E-state index is 0. The molecule has 0 saturated carbocycles. The molecule has 1 aromatic heterocycles. The molecule has 96 valence electrons. The Bertz CT molecular complexity index is 383. The average Bonchev–Trinajstić information content (AvgIpc) is 2.76. The standard InChI is InChI=1S/C11H16N2O2S.ClH/c1-8-6-13(4-3-12-8)11(14)10-5-9(15-2)7-16-10;/h5,7-8,12H,3-4,6H2,1-2H3;1H/t8-;/m1./s1. The van der Waals surface area contributed by atoms with E-state index in [1.54, 1.807) is 13.2 Å².